The van der Waals surface area contributed by atoms with Gasteiger partial charge in [-0.2, -0.15) is 0 Å². The number of hydrogen-bond donors (Lipinski definition) is 1. The average Bonchev–Trinajstić information content (AvgIpc) is 2.78. The van der Waals surface area contributed by atoms with Gasteiger partial charge in [0, 0.05) is 0 Å². The van der Waals surface area contributed by atoms with Crippen LogP contribution >= 0.6 is 0 Å². The summed E-state index contributed by atoms with van der Waals surface area (Å²) >= 11 is 0. The van der Waals surface area contributed by atoms with Crippen LogP contribution in [0.2, 0.25) is 0 Å². The molecule has 2 aromatic rings. The molecule has 0 saturated carbocycles. The van der Waals surface area contributed by atoms with Crippen LogP contribution in [0.3, 0.4) is 0 Å². The van der Waals surface area contributed by atoms with E-state index in [1.807, 2.05) is 6.92 Å². The molecule has 0 saturated heterocycles. The molecule has 1 heterocycles. The molecule has 1 N–H and O–H groups in total. The van der Waals surface area contributed by atoms with Crippen molar-refractivity contribution in [1.29, 1.82) is 0 Å². The Labute approximate surface area is 96.5 Å². The summed E-state index contributed by atoms with van der Waals surface area (Å²) < 4.78 is 14.2. The molecular weight excluding hydrogens is 225 g/mol. The molecule has 0 amide bonds. The van der Waals surface area contributed by atoms with Gasteiger partial charge in [0.25, 0.3) is 0 Å². The lowest BCUT2D eigenvalue weighted by Crippen LogP contribution is -2.07. The van der Waals surface area contributed by atoms with Crippen molar-refractivity contribution >= 4 is 5.97 Å². The normalized spacial score (nSPS) is 12.4. The van der Waals surface area contributed by atoms with Crippen molar-refractivity contribution in [3.05, 3.63) is 47.5 Å². The zero-order valence-corrected chi connectivity index (χ0v) is 9.04. The highest BCUT2D eigenvalue weighted by molar-refractivity contribution is 5.84. The molecule has 1 aromatic heterocycles. The first-order chi connectivity index (χ1) is 8.08. The average molecular weight is 235 g/mol. The lowest BCUT2D eigenvalue weighted by atomic mass is 10.1. The smallest absolute Gasteiger partial charge is 0.358 e. The van der Waals surface area contributed by atoms with Gasteiger partial charge in [0.05, 0.1) is 12.2 Å². The Hall–Kier alpha value is -2.24. The first-order valence-corrected chi connectivity index (χ1v) is 4.98. The fraction of sp³-hybridized carbons (Fsp3) is 0.182. The Bertz CT molecular complexity index is 536. The molecule has 0 radical (unpaired) electrons. The number of hydrogen-bond acceptors (Lipinski definition) is 3. The summed E-state index contributed by atoms with van der Waals surface area (Å²) in [4.78, 5) is 10.7. The van der Waals surface area contributed by atoms with E-state index in [2.05, 4.69) is 10.3 Å². The van der Waals surface area contributed by atoms with Crippen molar-refractivity contribution in [2.24, 2.45) is 0 Å². The van der Waals surface area contributed by atoms with E-state index < -0.39 is 5.97 Å². The summed E-state index contributed by atoms with van der Waals surface area (Å²) in [5.74, 6) is -1.44. The number of carboxylic acids is 1. The van der Waals surface area contributed by atoms with Crippen LogP contribution in [0.25, 0.3) is 0 Å². The maximum atomic E-state index is 12.8. The van der Waals surface area contributed by atoms with Gasteiger partial charge in [-0.15, -0.1) is 5.10 Å². The Morgan fingerprint density at radius 3 is 2.59 bits per heavy atom. The van der Waals surface area contributed by atoms with Gasteiger partial charge in [0.1, 0.15) is 5.82 Å². The number of carbonyl (C=O) groups is 1. The van der Waals surface area contributed by atoms with Gasteiger partial charge in [-0.05, 0) is 24.6 Å². The molecule has 17 heavy (non-hydrogen) atoms. The Balaban J connectivity index is 2.27. The number of carboxylic acid groups (broad SMARTS) is 1. The predicted molar refractivity (Wildman–Crippen MR) is 57.2 cm³/mol. The fourth-order valence-electron chi connectivity index (χ4n) is 1.46. The van der Waals surface area contributed by atoms with Crippen molar-refractivity contribution in [3.8, 4) is 0 Å². The van der Waals surface area contributed by atoms with Gasteiger partial charge < -0.3 is 5.11 Å². The van der Waals surface area contributed by atoms with Crippen LogP contribution in [-0.2, 0) is 0 Å². The zero-order valence-electron chi connectivity index (χ0n) is 9.04. The number of benzene rings is 1. The van der Waals surface area contributed by atoms with E-state index in [1.165, 1.54) is 23.0 Å². The van der Waals surface area contributed by atoms with Gasteiger partial charge in [-0.25, -0.2) is 13.9 Å². The van der Waals surface area contributed by atoms with Crippen molar-refractivity contribution in [2.45, 2.75) is 13.0 Å². The minimum atomic E-state index is -1.12. The Morgan fingerprint density at radius 1 is 1.41 bits per heavy atom. The van der Waals surface area contributed by atoms with E-state index in [9.17, 15) is 9.18 Å². The van der Waals surface area contributed by atoms with Gasteiger partial charge in [-0.1, -0.05) is 17.3 Å². The third kappa shape index (κ3) is 2.30. The van der Waals surface area contributed by atoms with Crippen LogP contribution in [0.5, 0.6) is 0 Å². The SMILES string of the molecule is CC(c1ccc(F)cc1)n1cc(C(=O)O)nn1. The molecule has 1 aromatic carbocycles. The van der Waals surface area contributed by atoms with Crippen LogP contribution in [-0.4, -0.2) is 26.1 Å². The van der Waals surface area contributed by atoms with E-state index in [0.717, 1.165) is 5.56 Å². The molecular formula is C11H10FN3O2. The third-order valence-electron chi connectivity index (χ3n) is 2.48. The largest absolute Gasteiger partial charge is 0.476 e. The van der Waals surface area contributed by atoms with Crippen molar-refractivity contribution in [3.63, 3.8) is 0 Å². The number of aromatic carboxylic acids is 1. The van der Waals surface area contributed by atoms with Gasteiger partial charge in [-0.3, -0.25) is 0 Å². The number of rotatable bonds is 3. The Morgan fingerprint density at radius 2 is 2.06 bits per heavy atom. The summed E-state index contributed by atoms with van der Waals surface area (Å²) in [6.07, 6.45) is 1.34. The molecule has 0 spiro atoms. The minimum absolute atomic E-state index is 0.112. The van der Waals surface area contributed by atoms with E-state index >= 15 is 0 Å². The topological polar surface area (TPSA) is 68.0 Å². The second-order valence-corrected chi connectivity index (χ2v) is 3.62. The van der Waals surface area contributed by atoms with Crippen LogP contribution in [0.4, 0.5) is 4.39 Å². The third-order valence-corrected chi connectivity index (χ3v) is 2.48. The lowest BCUT2D eigenvalue weighted by molar-refractivity contribution is 0.0690. The van der Waals surface area contributed by atoms with E-state index in [0.29, 0.717) is 0 Å². The molecule has 1 atom stereocenters. The highest BCUT2D eigenvalue weighted by Crippen LogP contribution is 2.17. The Kier molecular flexibility index (Phi) is 2.86. The van der Waals surface area contributed by atoms with Gasteiger partial charge >= 0.3 is 5.97 Å². The standard InChI is InChI=1S/C11H10FN3O2/c1-7(8-2-4-9(12)5-3-8)15-6-10(11(16)17)13-14-15/h2-7H,1H3,(H,16,17). The molecule has 0 bridgehead atoms. The first-order valence-electron chi connectivity index (χ1n) is 4.98. The van der Waals surface area contributed by atoms with E-state index in [1.54, 1.807) is 12.1 Å². The van der Waals surface area contributed by atoms with Crippen molar-refractivity contribution < 1.29 is 14.3 Å². The van der Waals surface area contributed by atoms with Crippen molar-refractivity contribution in [1.82, 2.24) is 15.0 Å². The van der Waals surface area contributed by atoms with Gasteiger partial charge in [0.2, 0.25) is 0 Å². The van der Waals surface area contributed by atoms with Gasteiger partial charge in [0.15, 0.2) is 5.69 Å². The lowest BCUT2D eigenvalue weighted by Gasteiger charge is -2.11. The molecule has 0 aliphatic carbocycles. The van der Waals surface area contributed by atoms with Crippen molar-refractivity contribution in [2.75, 3.05) is 0 Å². The molecule has 0 fully saturated rings. The maximum absolute atomic E-state index is 12.8. The second-order valence-electron chi connectivity index (χ2n) is 3.62. The molecule has 1 unspecified atom stereocenters. The fourth-order valence-corrected chi connectivity index (χ4v) is 1.46. The quantitative estimate of drug-likeness (QED) is 0.879. The maximum Gasteiger partial charge on any atom is 0.358 e. The number of aromatic nitrogens is 3. The van der Waals surface area contributed by atoms with Crippen LogP contribution < -0.4 is 0 Å². The summed E-state index contributed by atoms with van der Waals surface area (Å²) in [5, 5.41) is 16.0. The van der Waals surface area contributed by atoms with Crippen LogP contribution in [0, 0.1) is 5.82 Å². The van der Waals surface area contributed by atoms with Crippen LogP contribution in [0.1, 0.15) is 29.0 Å². The molecule has 88 valence electrons. The highest BCUT2D eigenvalue weighted by atomic mass is 19.1. The minimum Gasteiger partial charge on any atom is -0.476 e. The van der Waals surface area contributed by atoms with E-state index in [4.69, 9.17) is 5.11 Å². The summed E-state index contributed by atoms with van der Waals surface area (Å²) in [6.45, 7) is 1.83. The molecule has 0 aliphatic rings. The van der Waals surface area contributed by atoms with E-state index in [-0.39, 0.29) is 17.6 Å². The summed E-state index contributed by atoms with van der Waals surface area (Å²) in [7, 11) is 0. The number of halogens is 1. The predicted octanol–water partition coefficient (Wildman–Crippen LogP) is 1.72. The zero-order chi connectivity index (χ0) is 12.4. The summed E-state index contributed by atoms with van der Waals surface area (Å²) in [5.41, 5.74) is 0.715. The summed E-state index contributed by atoms with van der Waals surface area (Å²) in [6, 6.07) is 5.75. The monoisotopic (exact) mass is 235 g/mol. The molecule has 0 aliphatic heterocycles. The molecule has 2 rings (SSSR count). The number of nitrogens with zero attached hydrogens (tertiary/aromatic N) is 3. The highest BCUT2D eigenvalue weighted by Gasteiger charge is 2.13. The first kappa shape index (κ1) is 11.3. The molecule has 5 nitrogen and oxygen atoms in total. The molecule has 6 heteroatoms. The second kappa shape index (κ2) is 4.32. The van der Waals surface area contributed by atoms with Crippen LogP contribution in [0.15, 0.2) is 30.5 Å².